The number of aromatic nitrogens is 1. The third-order valence-electron chi connectivity index (χ3n) is 3.66. The number of rotatable bonds is 5. The number of ether oxygens (including phenoxy) is 1. The van der Waals surface area contributed by atoms with Crippen molar-refractivity contribution in [2.75, 3.05) is 19.7 Å². The molecule has 1 aliphatic rings. The van der Waals surface area contributed by atoms with Crippen LogP contribution in [0, 0.1) is 5.92 Å². The second-order valence-electron chi connectivity index (χ2n) is 5.15. The molecule has 1 unspecified atom stereocenters. The maximum absolute atomic E-state index is 5.58. The highest BCUT2D eigenvalue weighted by Crippen LogP contribution is 2.20. The highest BCUT2D eigenvalue weighted by atomic mass is 35.5. The van der Waals surface area contributed by atoms with E-state index in [1.165, 1.54) is 25.8 Å². The Hall–Kier alpha value is -1.26. The van der Waals surface area contributed by atoms with Gasteiger partial charge in [-0.05, 0) is 56.8 Å². The van der Waals surface area contributed by atoms with Crippen LogP contribution in [0.3, 0.4) is 0 Å². The zero-order valence-corrected chi connectivity index (χ0v) is 12.3. The quantitative estimate of drug-likeness (QED) is 0.859. The molecule has 5 heteroatoms. The molecule has 4 nitrogen and oxygen atoms in total. The Morgan fingerprint density at radius 2 is 2.25 bits per heavy atom. The molecule has 2 heterocycles. The second kappa shape index (κ2) is 7.50. The fraction of sp³-hybridized carbons (Fsp3) is 0.533. The number of halogens is 1. The van der Waals surface area contributed by atoms with Gasteiger partial charge in [0.2, 0.25) is 0 Å². The highest BCUT2D eigenvalue weighted by Gasteiger charge is 2.12. The van der Waals surface area contributed by atoms with E-state index >= 15 is 0 Å². The fourth-order valence-corrected chi connectivity index (χ4v) is 2.61. The Kier molecular flexibility index (Phi) is 5.68. The highest BCUT2D eigenvalue weighted by molar-refractivity contribution is 5.85. The Balaban J connectivity index is 0.00000147. The summed E-state index contributed by atoms with van der Waals surface area (Å²) in [6.07, 6.45) is 5.31. The molecule has 0 aliphatic carbocycles. The molecule has 1 aromatic carbocycles. The number of para-hydroxylation sites is 2. The van der Waals surface area contributed by atoms with Crippen LogP contribution < -0.4 is 10.1 Å². The minimum atomic E-state index is 0. The van der Waals surface area contributed by atoms with Crippen molar-refractivity contribution in [3.63, 3.8) is 0 Å². The average molecular weight is 297 g/mol. The van der Waals surface area contributed by atoms with Crippen molar-refractivity contribution in [3.05, 3.63) is 24.3 Å². The van der Waals surface area contributed by atoms with Crippen LogP contribution in [0.1, 0.15) is 25.7 Å². The summed E-state index contributed by atoms with van der Waals surface area (Å²) in [4.78, 5) is 4.30. The van der Waals surface area contributed by atoms with Crippen molar-refractivity contribution in [1.29, 1.82) is 0 Å². The Morgan fingerprint density at radius 1 is 1.35 bits per heavy atom. The van der Waals surface area contributed by atoms with E-state index in [1.54, 1.807) is 0 Å². The molecule has 0 amide bonds. The van der Waals surface area contributed by atoms with Gasteiger partial charge in [-0.1, -0.05) is 12.1 Å². The summed E-state index contributed by atoms with van der Waals surface area (Å²) in [6, 6.07) is 7.72. The molecule has 2 aromatic rings. The zero-order chi connectivity index (χ0) is 12.9. The van der Waals surface area contributed by atoms with E-state index in [9.17, 15) is 0 Å². The average Bonchev–Trinajstić information content (AvgIpc) is 2.87. The molecule has 1 aromatic heterocycles. The molecule has 0 bridgehead atoms. The Morgan fingerprint density at radius 3 is 3.05 bits per heavy atom. The van der Waals surface area contributed by atoms with Crippen molar-refractivity contribution in [1.82, 2.24) is 10.3 Å². The van der Waals surface area contributed by atoms with Gasteiger partial charge in [-0.25, -0.2) is 0 Å². The van der Waals surface area contributed by atoms with Crippen LogP contribution >= 0.6 is 12.4 Å². The van der Waals surface area contributed by atoms with Crippen molar-refractivity contribution >= 4 is 23.5 Å². The van der Waals surface area contributed by atoms with Crippen LogP contribution in [0.25, 0.3) is 11.1 Å². The lowest BCUT2D eigenvalue weighted by molar-refractivity contribution is 0.219. The van der Waals surface area contributed by atoms with Crippen molar-refractivity contribution in [3.8, 4) is 6.08 Å². The van der Waals surface area contributed by atoms with E-state index in [-0.39, 0.29) is 12.4 Å². The number of piperidine rings is 1. The first-order chi connectivity index (χ1) is 9.42. The van der Waals surface area contributed by atoms with Crippen LogP contribution in [0.15, 0.2) is 28.7 Å². The fourth-order valence-electron chi connectivity index (χ4n) is 2.61. The molecule has 1 N–H and O–H groups in total. The van der Waals surface area contributed by atoms with E-state index in [2.05, 4.69) is 10.3 Å². The minimum Gasteiger partial charge on any atom is -0.450 e. The Bertz CT molecular complexity index is 490. The number of oxazole rings is 1. The number of benzene rings is 1. The summed E-state index contributed by atoms with van der Waals surface area (Å²) in [5, 5.41) is 3.44. The number of nitrogens with zero attached hydrogens (tertiary/aromatic N) is 1. The molecule has 0 spiro atoms. The predicted molar refractivity (Wildman–Crippen MR) is 81.6 cm³/mol. The lowest BCUT2D eigenvalue weighted by Crippen LogP contribution is -2.29. The van der Waals surface area contributed by atoms with Gasteiger partial charge in [0.05, 0.1) is 6.61 Å². The number of nitrogens with one attached hydrogen (secondary N) is 1. The molecule has 1 aliphatic heterocycles. The Labute approximate surface area is 125 Å². The molecular formula is C15H21ClN2O2. The summed E-state index contributed by atoms with van der Waals surface area (Å²) in [7, 11) is 0. The first-order valence-corrected chi connectivity index (χ1v) is 7.11. The smallest absolute Gasteiger partial charge is 0.394 e. The SMILES string of the molecule is Cl.c1ccc2oc(OCCCC3CCCNC3)nc2c1. The monoisotopic (exact) mass is 296 g/mol. The first-order valence-electron chi connectivity index (χ1n) is 7.11. The van der Waals surface area contributed by atoms with Crippen LogP contribution in [-0.2, 0) is 0 Å². The van der Waals surface area contributed by atoms with Gasteiger partial charge in [0.15, 0.2) is 5.58 Å². The number of hydrogen-bond donors (Lipinski definition) is 1. The molecule has 20 heavy (non-hydrogen) atoms. The topological polar surface area (TPSA) is 47.3 Å². The van der Waals surface area contributed by atoms with Crippen LogP contribution in [0.5, 0.6) is 6.08 Å². The lowest BCUT2D eigenvalue weighted by atomic mass is 9.95. The summed E-state index contributed by atoms with van der Waals surface area (Å²) in [6.45, 7) is 3.02. The van der Waals surface area contributed by atoms with Crippen molar-refractivity contribution < 1.29 is 9.15 Å². The number of fused-ring (bicyclic) bond motifs is 1. The van der Waals surface area contributed by atoms with E-state index in [4.69, 9.17) is 9.15 Å². The summed E-state index contributed by atoms with van der Waals surface area (Å²) < 4.78 is 11.1. The van der Waals surface area contributed by atoms with Crippen molar-refractivity contribution in [2.45, 2.75) is 25.7 Å². The van der Waals surface area contributed by atoms with Gasteiger partial charge in [0, 0.05) is 0 Å². The van der Waals surface area contributed by atoms with Gasteiger partial charge in [0.1, 0.15) is 5.52 Å². The molecule has 110 valence electrons. The zero-order valence-electron chi connectivity index (χ0n) is 11.5. The van der Waals surface area contributed by atoms with Gasteiger partial charge in [-0.2, -0.15) is 4.98 Å². The molecule has 1 atom stereocenters. The van der Waals surface area contributed by atoms with E-state index < -0.39 is 0 Å². The van der Waals surface area contributed by atoms with Gasteiger partial charge >= 0.3 is 6.08 Å². The van der Waals surface area contributed by atoms with Gasteiger partial charge < -0.3 is 14.5 Å². The van der Waals surface area contributed by atoms with E-state index in [0.717, 1.165) is 30.0 Å². The van der Waals surface area contributed by atoms with Gasteiger partial charge in [-0.3, -0.25) is 0 Å². The molecular weight excluding hydrogens is 276 g/mol. The minimum absolute atomic E-state index is 0. The maximum atomic E-state index is 5.58. The normalized spacial score (nSPS) is 18.7. The maximum Gasteiger partial charge on any atom is 0.394 e. The lowest BCUT2D eigenvalue weighted by Gasteiger charge is -2.22. The summed E-state index contributed by atoms with van der Waals surface area (Å²) in [5.74, 6) is 0.806. The second-order valence-corrected chi connectivity index (χ2v) is 5.15. The molecule has 0 radical (unpaired) electrons. The summed E-state index contributed by atoms with van der Waals surface area (Å²) in [5.41, 5.74) is 1.64. The standard InChI is InChI=1S/C15H20N2O2.ClH/c1-2-8-14-13(7-1)17-15(19-14)18-10-4-6-12-5-3-9-16-11-12;/h1-2,7-8,12,16H,3-6,9-11H2;1H. The van der Waals surface area contributed by atoms with Crippen molar-refractivity contribution in [2.24, 2.45) is 5.92 Å². The van der Waals surface area contributed by atoms with E-state index in [0.29, 0.717) is 12.7 Å². The first kappa shape index (κ1) is 15.1. The largest absolute Gasteiger partial charge is 0.450 e. The van der Waals surface area contributed by atoms with Crippen LogP contribution in [0.4, 0.5) is 0 Å². The van der Waals surface area contributed by atoms with Crippen LogP contribution in [-0.4, -0.2) is 24.7 Å². The predicted octanol–water partition coefficient (Wildman–Crippen LogP) is 3.41. The number of hydrogen-bond acceptors (Lipinski definition) is 4. The summed E-state index contributed by atoms with van der Waals surface area (Å²) >= 11 is 0. The molecule has 3 rings (SSSR count). The van der Waals surface area contributed by atoms with Gasteiger partial charge in [0.25, 0.3) is 0 Å². The van der Waals surface area contributed by atoms with E-state index in [1.807, 2.05) is 24.3 Å². The molecule has 0 saturated carbocycles. The van der Waals surface area contributed by atoms with Gasteiger partial charge in [-0.15, -0.1) is 12.4 Å². The third-order valence-corrected chi connectivity index (χ3v) is 3.66. The van der Waals surface area contributed by atoms with Crippen LogP contribution in [0.2, 0.25) is 0 Å². The molecule has 1 fully saturated rings. The third kappa shape index (κ3) is 3.87. The molecule has 1 saturated heterocycles.